The standard InChI is InChI=1S/C15H20ClN3O/c1-4-9-17-14(11-7-5-6-8-12(11)16)15-13(20-3)10-18-19(15)2/h5-8,10,14,17H,4,9H2,1-3H3. The van der Waals surface area contributed by atoms with Crippen LogP contribution in [0.25, 0.3) is 0 Å². The fraction of sp³-hybridized carbons (Fsp3) is 0.400. The Morgan fingerprint density at radius 2 is 2.15 bits per heavy atom. The van der Waals surface area contributed by atoms with Crippen molar-refractivity contribution in [1.29, 1.82) is 0 Å². The van der Waals surface area contributed by atoms with Gasteiger partial charge in [0.2, 0.25) is 0 Å². The molecule has 0 saturated carbocycles. The highest BCUT2D eigenvalue weighted by molar-refractivity contribution is 6.31. The molecule has 0 aliphatic heterocycles. The van der Waals surface area contributed by atoms with E-state index in [9.17, 15) is 0 Å². The molecule has 1 aromatic heterocycles. The summed E-state index contributed by atoms with van der Waals surface area (Å²) in [6.45, 7) is 3.03. The Hall–Kier alpha value is -1.52. The Kier molecular flexibility index (Phi) is 5.04. The molecule has 2 aromatic rings. The molecule has 20 heavy (non-hydrogen) atoms. The lowest BCUT2D eigenvalue weighted by Gasteiger charge is -2.21. The zero-order chi connectivity index (χ0) is 14.5. The molecule has 108 valence electrons. The minimum Gasteiger partial charge on any atom is -0.493 e. The molecule has 0 aliphatic rings. The van der Waals surface area contributed by atoms with E-state index in [1.807, 2.05) is 36.0 Å². The van der Waals surface area contributed by atoms with Crippen molar-refractivity contribution in [2.24, 2.45) is 7.05 Å². The molecule has 1 atom stereocenters. The van der Waals surface area contributed by atoms with Gasteiger partial charge in [0.15, 0.2) is 5.75 Å². The Labute approximate surface area is 124 Å². The van der Waals surface area contributed by atoms with Gasteiger partial charge in [-0.3, -0.25) is 4.68 Å². The van der Waals surface area contributed by atoms with Crippen molar-refractivity contribution in [1.82, 2.24) is 15.1 Å². The number of halogens is 1. The number of aromatic nitrogens is 2. The molecule has 0 amide bonds. The zero-order valence-corrected chi connectivity index (χ0v) is 12.8. The van der Waals surface area contributed by atoms with Gasteiger partial charge in [0.05, 0.1) is 19.3 Å². The average Bonchev–Trinajstić information content (AvgIpc) is 2.82. The molecular formula is C15H20ClN3O. The number of rotatable bonds is 6. The summed E-state index contributed by atoms with van der Waals surface area (Å²) in [5.74, 6) is 0.765. The number of hydrogen-bond acceptors (Lipinski definition) is 3. The van der Waals surface area contributed by atoms with Gasteiger partial charge >= 0.3 is 0 Å². The highest BCUT2D eigenvalue weighted by Crippen LogP contribution is 2.33. The summed E-state index contributed by atoms with van der Waals surface area (Å²) in [7, 11) is 3.57. The SMILES string of the molecule is CCCNC(c1ccccc1Cl)c1c(OC)cnn1C. The molecule has 1 heterocycles. The predicted octanol–water partition coefficient (Wildman–Crippen LogP) is 3.17. The molecule has 0 bridgehead atoms. The predicted molar refractivity (Wildman–Crippen MR) is 81.3 cm³/mol. The molecular weight excluding hydrogens is 274 g/mol. The summed E-state index contributed by atoms with van der Waals surface area (Å²) < 4.78 is 7.25. The number of nitrogens with one attached hydrogen (secondary N) is 1. The summed E-state index contributed by atoms with van der Waals surface area (Å²) in [6, 6.07) is 7.82. The second-order valence-electron chi connectivity index (χ2n) is 4.63. The normalized spacial score (nSPS) is 12.4. The lowest BCUT2D eigenvalue weighted by Crippen LogP contribution is -2.26. The van der Waals surface area contributed by atoms with E-state index >= 15 is 0 Å². The second-order valence-corrected chi connectivity index (χ2v) is 5.04. The van der Waals surface area contributed by atoms with Gasteiger partial charge in [0.25, 0.3) is 0 Å². The molecule has 4 nitrogen and oxygen atoms in total. The van der Waals surface area contributed by atoms with E-state index in [1.165, 1.54) is 0 Å². The van der Waals surface area contributed by atoms with Gasteiger partial charge in [0, 0.05) is 12.1 Å². The van der Waals surface area contributed by atoms with E-state index in [4.69, 9.17) is 16.3 Å². The molecule has 1 aromatic carbocycles. The largest absolute Gasteiger partial charge is 0.493 e. The minimum absolute atomic E-state index is 0.0360. The van der Waals surface area contributed by atoms with Gasteiger partial charge < -0.3 is 10.1 Å². The van der Waals surface area contributed by atoms with Crippen LogP contribution in [-0.4, -0.2) is 23.4 Å². The number of methoxy groups -OCH3 is 1. The Bertz CT molecular complexity index is 568. The average molecular weight is 294 g/mol. The van der Waals surface area contributed by atoms with Crippen molar-refractivity contribution in [3.8, 4) is 5.75 Å². The summed E-state index contributed by atoms with van der Waals surface area (Å²) in [4.78, 5) is 0. The quantitative estimate of drug-likeness (QED) is 0.889. The van der Waals surface area contributed by atoms with Crippen molar-refractivity contribution >= 4 is 11.6 Å². The van der Waals surface area contributed by atoms with Crippen LogP contribution in [-0.2, 0) is 7.05 Å². The van der Waals surface area contributed by atoms with Crippen molar-refractivity contribution in [2.75, 3.05) is 13.7 Å². The van der Waals surface area contributed by atoms with Crippen LogP contribution in [0.15, 0.2) is 30.5 Å². The second kappa shape index (κ2) is 6.77. The number of nitrogens with zero attached hydrogens (tertiary/aromatic N) is 2. The van der Waals surface area contributed by atoms with Gasteiger partial charge in [-0.2, -0.15) is 5.10 Å². The van der Waals surface area contributed by atoms with Gasteiger partial charge in [-0.05, 0) is 24.6 Å². The molecule has 1 unspecified atom stereocenters. The van der Waals surface area contributed by atoms with E-state index in [2.05, 4.69) is 17.3 Å². The summed E-state index contributed by atoms with van der Waals surface area (Å²) in [6.07, 6.45) is 2.77. The topological polar surface area (TPSA) is 39.1 Å². The monoisotopic (exact) mass is 293 g/mol. The first kappa shape index (κ1) is 14.9. The first-order valence-electron chi connectivity index (χ1n) is 6.72. The fourth-order valence-corrected chi connectivity index (χ4v) is 2.51. The number of ether oxygens (including phenoxy) is 1. The van der Waals surface area contributed by atoms with Crippen LogP contribution in [0.5, 0.6) is 5.75 Å². The van der Waals surface area contributed by atoms with Crippen LogP contribution in [0.3, 0.4) is 0 Å². The van der Waals surface area contributed by atoms with Crippen molar-refractivity contribution < 1.29 is 4.74 Å². The highest BCUT2D eigenvalue weighted by Gasteiger charge is 2.23. The lowest BCUT2D eigenvalue weighted by atomic mass is 10.0. The first-order chi connectivity index (χ1) is 9.69. The van der Waals surface area contributed by atoms with Crippen LogP contribution in [0.2, 0.25) is 5.02 Å². The summed E-state index contributed by atoms with van der Waals surface area (Å²) >= 11 is 6.35. The van der Waals surface area contributed by atoms with E-state index in [1.54, 1.807) is 13.3 Å². The van der Waals surface area contributed by atoms with E-state index < -0.39 is 0 Å². The Morgan fingerprint density at radius 3 is 2.80 bits per heavy atom. The van der Waals surface area contributed by atoms with E-state index in [0.717, 1.165) is 35.0 Å². The van der Waals surface area contributed by atoms with E-state index in [-0.39, 0.29) is 6.04 Å². The molecule has 1 N–H and O–H groups in total. The summed E-state index contributed by atoms with van der Waals surface area (Å²) in [5, 5.41) is 8.54. The Morgan fingerprint density at radius 1 is 1.40 bits per heavy atom. The van der Waals surface area contributed by atoms with Crippen molar-refractivity contribution in [3.63, 3.8) is 0 Å². The minimum atomic E-state index is -0.0360. The zero-order valence-electron chi connectivity index (χ0n) is 12.1. The molecule has 0 spiro atoms. The van der Waals surface area contributed by atoms with Gasteiger partial charge in [-0.15, -0.1) is 0 Å². The maximum Gasteiger partial charge on any atom is 0.161 e. The maximum atomic E-state index is 6.35. The highest BCUT2D eigenvalue weighted by atomic mass is 35.5. The maximum absolute atomic E-state index is 6.35. The Balaban J connectivity index is 2.47. The van der Waals surface area contributed by atoms with Crippen LogP contribution in [0.1, 0.15) is 30.6 Å². The molecule has 0 radical (unpaired) electrons. The van der Waals surface area contributed by atoms with Crippen LogP contribution in [0, 0.1) is 0 Å². The van der Waals surface area contributed by atoms with Crippen LogP contribution < -0.4 is 10.1 Å². The third kappa shape index (κ3) is 2.97. The van der Waals surface area contributed by atoms with Crippen LogP contribution in [0.4, 0.5) is 0 Å². The molecule has 0 fully saturated rings. The fourth-order valence-electron chi connectivity index (χ4n) is 2.27. The summed E-state index contributed by atoms with van der Waals surface area (Å²) in [5.41, 5.74) is 2.01. The smallest absolute Gasteiger partial charge is 0.161 e. The number of hydrogen-bond donors (Lipinski definition) is 1. The van der Waals surface area contributed by atoms with E-state index in [0.29, 0.717) is 0 Å². The van der Waals surface area contributed by atoms with Gasteiger partial charge in [0.1, 0.15) is 5.69 Å². The molecule has 5 heteroatoms. The third-order valence-corrected chi connectivity index (χ3v) is 3.60. The number of benzene rings is 1. The molecule has 0 saturated heterocycles. The molecule has 2 rings (SSSR count). The van der Waals surface area contributed by atoms with Crippen molar-refractivity contribution in [3.05, 3.63) is 46.7 Å². The van der Waals surface area contributed by atoms with Crippen LogP contribution >= 0.6 is 11.6 Å². The molecule has 0 aliphatic carbocycles. The lowest BCUT2D eigenvalue weighted by molar-refractivity contribution is 0.400. The number of aryl methyl sites for hydroxylation is 1. The van der Waals surface area contributed by atoms with Crippen molar-refractivity contribution in [2.45, 2.75) is 19.4 Å². The third-order valence-electron chi connectivity index (χ3n) is 3.26. The first-order valence-corrected chi connectivity index (χ1v) is 7.10. The van der Waals surface area contributed by atoms with Gasteiger partial charge in [-0.25, -0.2) is 0 Å². The van der Waals surface area contributed by atoms with Gasteiger partial charge in [-0.1, -0.05) is 36.7 Å².